The Morgan fingerprint density at radius 1 is 0.407 bits per heavy atom. The van der Waals surface area contributed by atoms with Gasteiger partial charge in [0.2, 0.25) is 17.7 Å². The Hall–Kier alpha value is -11.8. The number of nitrogens with zero attached hydrogens (tertiary/aromatic N) is 6. The third-order valence-corrected chi connectivity index (χ3v) is 22.5. The van der Waals surface area contributed by atoms with Crippen LogP contribution in [0.25, 0.3) is 21.6 Å². The van der Waals surface area contributed by atoms with E-state index in [1.54, 1.807) is 70.7 Å². The fourth-order valence-corrected chi connectivity index (χ4v) is 16.6. The van der Waals surface area contributed by atoms with Gasteiger partial charge in [0.25, 0.3) is 0 Å². The van der Waals surface area contributed by atoms with E-state index < -0.39 is 160 Å². The summed E-state index contributed by atoms with van der Waals surface area (Å²) in [4.78, 5) is 51.8. The third kappa shape index (κ3) is 20.3. The number of rotatable bonds is 15. The Bertz CT molecular complexity index is 5440. The van der Waals surface area contributed by atoms with Crippen LogP contribution in [-0.2, 0) is 65.7 Å². The number of carbonyl (C=O) groups excluding carboxylic acids is 3. The third-order valence-electron chi connectivity index (χ3n) is 22.5. The van der Waals surface area contributed by atoms with E-state index in [4.69, 9.17) is 20.8 Å². The molecule has 8 heterocycles. The molecule has 0 bridgehead atoms. The zero-order chi connectivity index (χ0) is 88.9. The quantitative estimate of drug-likeness (QED) is 0.0429. The highest BCUT2D eigenvalue weighted by Crippen LogP contribution is 2.51. The number of halogens is 21. The smallest absolute Gasteiger partial charge is 0.416 e. The number of ether oxygens (including phenoxy) is 3. The average molecular weight is 1730 g/mol. The van der Waals surface area contributed by atoms with Gasteiger partial charge in [0, 0.05) is 97.8 Å². The molecule has 0 N–H and O–H groups in total. The second kappa shape index (κ2) is 34.8. The van der Waals surface area contributed by atoms with Crippen molar-refractivity contribution in [2.45, 2.75) is 150 Å². The minimum atomic E-state index is -5.02. The van der Waals surface area contributed by atoms with Gasteiger partial charge in [0.15, 0.2) is 18.1 Å². The Labute approximate surface area is 688 Å². The Kier molecular flexibility index (Phi) is 25.2. The van der Waals surface area contributed by atoms with Gasteiger partial charge in [-0.25, -0.2) is 18.0 Å². The van der Waals surface area contributed by atoms with Crippen LogP contribution < -0.4 is 4.73 Å². The summed E-state index contributed by atoms with van der Waals surface area (Å²) in [5, 5.41) is 11.8. The zero-order valence-corrected chi connectivity index (χ0v) is 64.4. The second-order valence-corrected chi connectivity index (χ2v) is 30.3. The minimum Gasteiger partial charge on any atom is -0.619 e. The number of aromatic nitrogens is 2. The van der Waals surface area contributed by atoms with Crippen LogP contribution in [0.1, 0.15) is 160 Å². The van der Waals surface area contributed by atoms with Gasteiger partial charge in [-0.2, -0.15) is 83.8 Å². The van der Waals surface area contributed by atoms with Crippen LogP contribution in [0.3, 0.4) is 0 Å². The highest BCUT2D eigenvalue weighted by Gasteiger charge is 2.52. The van der Waals surface area contributed by atoms with Crippen molar-refractivity contribution in [3.05, 3.63) is 336 Å². The van der Waals surface area contributed by atoms with E-state index in [1.165, 1.54) is 123 Å². The van der Waals surface area contributed by atoms with E-state index in [0.717, 1.165) is 16.7 Å². The van der Waals surface area contributed by atoms with Gasteiger partial charge in [-0.15, -0.1) is 0 Å². The van der Waals surface area contributed by atoms with Crippen LogP contribution in [0.2, 0.25) is 0 Å². The minimum absolute atomic E-state index is 0.00109. The number of carbonyl (C=O) groups is 3. The van der Waals surface area contributed by atoms with Gasteiger partial charge in [0.05, 0.1) is 76.6 Å². The summed E-state index contributed by atoms with van der Waals surface area (Å²) >= 11 is 0. The lowest BCUT2D eigenvalue weighted by atomic mass is 9.83. The molecule has 7 aromatic carbocycles. The van der Waals surface area contributed by atoms with Crippen LogP contribution in [0.4, 0.5) is 97.9 Å². The fourth-order valence-electron chi connectivity index (χ4n) is 16.6. The van der Waals surface area contributed by atoms with Gasteiger partial charge in [-0.3, -0.25) is 19.4 Å². The molecule has 15 rings (SSSR count). The highest BCUT2D eigenvalue weighted by molar-refractivity contribution is 5.99. The average Bonchev–Trinajstić information content (AvgIpc) is 1.61. The molecule has 34 heteroatoms. The van der Waals surface area contributed by atoms with Gasteiger partial charge >= 0.3 is 37.1 Å². The molecule has 0 saturated carbocycles. The number of hydrogen-bond acceptors (Lipinski definition) is 8. The van der Waals surface area contributed by atoms with E-state index >= 15 is 0 Å². The van der Waals surface area contributed by atoms with Crippen LogP contribution in [0.15, 0.2) is 219 Å². The Balaban J connectivity index is 0.000000159. The summed E-state index contributed by atoms with van der Waals surface area (Å²) < 4.78 is 303. The van der Waals surface area contributed by atoms with E-state index in [0.29, 0.717) is 93.1 Å². The first-order valence-corrected chi connectivity index (χ1v) is 38.0. The molecular formula is C89H69F21N6O7. The molecule has 6 aliphatic heterocycles. The molecule has 2 aromatic heterocycles. The number of benzene rings is 7. The lowest BCUT2D eigenvalue weighted by molar-refractivity contribution is -0.605. The zero-order valence-electron chi connectivity index (χ0n) is 64.4. The summed E-state index contributed by atoms with van der Waals surface area (Å²) in [6, 6.07) is 32.6. The molecule has 13 nitrogen and oxygen atoms in total. The Morgan fingerprint density at radius 2 is 0.699 bits per heavy atom. The first-order valence-electron chi connectivity index (χ1n) is 38.0. The summed E-state index contributed by atoms with van der Waals surface area (Å²) in [6.45, 7) is 11.3. The van der Waals surface area contributed by atoms with Crippen LogP contribution in [0.5, 0.6) is 0 Å². The number of amides is 3. The van der Waals surface area contributed by atoms with Crippen molar-refractivity contribution < 1.29 is 126 Å². The summed E-state index contributed by atoms with van der Waals surface area (Å²) in [5.74, 6) is -4.20. The predicted molar refractivity (Wildman–Crippen MR) is 403 cm³/mol. The van der Waals surface area contributed by atoms with Crippen molar-refractivity contribution >= 4 is 40.1 Å². The van der Waals surface area contributed by atoms with Crippen molar-refractivity contribution in [2.24, 2.45) is 0 Å². The molecule has 6 aliphatic rings. The van der Waals surface area contributed by atoms with E-state index in [-0.39, 0.29) is 78.7 Å². The molecule has 6 unspecified atom stereocenters. The molecule has 0 spiro atoms. The van der Waals surface area contributed by atoms with E-state index in [1.807, 2.05) is 6.07 Å². The standard InChI is InChI=1S/C31H23F7N2O2.C29H23F7N2O3.C29H23F7N2O2/c1-17(20-11-22(30(33,34)35)15-23(12-20)31(36,37)38)42-27-16-40-26(29(27)19-3-7-24(32)8-4-19)13-21(14-28(40)41)18-5-9-25(39-2)10-6-18;1-16(19-9-21(28(31,32)33)13-22(10-19)29(34,35)36)41-25-15-38-24(27(25)17-4-6-23(30)7-5-17)11-20(12-26(38)39)18-3-2-8-37(40)14-18;1-16(19-9-21(28(31,32)33)13-22(10-19)29(34,35)36)40-25-15-38-24(27(25)17-4-6-23(30)7-5-17)11-20(12-26(38)39)18-3-2-8-37-14-18/h3-12,14-15,17,26-27,29H,13,16H2,1H3;2-10,12-14,16,24-25,27H,11,15H2,1H3;2-10,12-14,16,24-25,27H,11,15H2,1H3/t17-,26?,27?,29+;2*16-,24?,25?,27+/m111/s1. The molecule has 3 fully saturated rings. The maximum atomic E-state index is 13.8. The molecule has 644 valence electrons. The van der Waals surface area contributed by atoms with Crippen molar-refractivity contribution in [1.29, 1.82) is 0 Å². The largest absolute Gasteiger partial charge is 0.619 e. The maximum Gasteiger partial charge on any atom is 0.416 e. The predicted octanol–water partition coefficient (Wildman–Crippen LogP) is 22.0. The van der Waals surface area contributed by atoms with Crippen molar-refractivity contribution in [3.8, 4) is 0 Å². The van der Waals surface area contributed by atoms with Crippen molar-refractivity contribution in [3.63, 3.8) is 0 Å². The molecule has 12 atom stereocenters. The molecule has 3 amide bonds. The summed E-state index contributed by atoms with van der Waals surface area (Å²) in [7, 11) is 0. The monoisotopic (exact) mass is 1730 g/mol. The van der Waals surface area contributed by atoms with E-state index in [2.05, 4.69) is 9.83 Å². The fraction of sp³-hybridized carbons (Fsp3) is 0.303. The van der Waals surface area contributed by atoms with Gasteiger partial charge < -0.3 is 34.1 Å². The maximum absolute atomic E-state index is 13.8. The number of hydrogen-bond donors (Lipinski definition) is 0. The summed E-state index contributed by atoms with van der Waals surface area (Å²) in [5.41, 5.74) is -3.38. The lowest BCUT2D eigenvalue weighted by Gasteiger charge is -2.33. The Morgan fingerprint density at radius 3 is 0.976 bits per heavy atom. The number of alkyl halides is 18. The number of pyridine rings is 2. The molecule has 9 aromatic rings. The van der Waals surface area contributed by atoms with Crippen molar-refractivity contribution in [1.82, 2.24) is 19.7 Å². The topological polar surface area (TPSA) is 133 Å². The molecule has 3 saturated heterocycles. The van der Waals surface area contributed by atoms with Gasteiger partial charge in [0.1, 0.15) is 17.5 Å². The van der Waals surface area contributed by atoms with Gasteiger partial charge in [-0.05, 0) is 204 Å². The van der Waals surface area contributed by atoms with Gasteiger partial charge in [-0.1, -0.05) is 66.7 Å². The molecular weight excluding hydrogens is 1660 g/mol. The lowest BCUT2D eigenvalue weighted by Crippen LogP contribution is -2.39. The van der Waals surface area contributed by atoms with Crippen LogP contribution in [0, 0.1) is 29.2 Å². The van der Waals surface area contributed by atoms with Crippen LogP contribution in [-0.4, -0.2) is 93.5 Å². The molecule has 0 radical (unpaired) electrons. The SMILES string of the molecule is C[C@@H](OC1CN2C(=O)C=C(c3ccc[n+]([O-])c3)CC2[C@@H]1c1ccc(F)cc1)c1cc(C(F)(F)F)cc(C(F)(F)F)c1.C[C@@H](OC1CN2C(=O)C=C(c3cccnc3)CC2[C@@H]1c1ccc(F)cc1)c1cc(C(F)(F)F)cc(C(F)(F)F)c1.[C-]#[N+]c1ccc(C2=CC(=O)N3CC(O[C@H](C)c4cc(C(F)(F)F)cc(C(F)(F)F)c4)[C@@H](c4ccc(F)cc4)C3C2)cc1. The summed E-state index contributed by atoms with van der Waals surface area (Å²) in [6.07, 6.45) is -24.9. The molecule has 123 heavy (non-hydrogen) atoms. The molecule has 0 aliphatic carbocycles. The van der Waals surface area contributed by atoms with Crippen LogP contribution >= 0.6 is 0 Å². The first-order chi connectivity index (χ1) is 57.7. The number of fused-ring (bicyclic) bond motifs is 3. The normalized spacial score (nSPS) is 21.9. The highest BCUT2D eigenvalue weighted by atomic mass is 19.4. The second-order valence-electron chi connectivity index (χ2n) is 30.3. The first kappa shape index (κ1) is 88.9. The van der Waals surface area contributed by atoms with E-state index in [9.17, 15) is 112 Å². The van der Waals surface area contributed by atoms with Crippen molar-refractivity contribution in [2.75, 3.05) is 19.6 Å².